The zero-order chi connectivity index (χ0) is 8.10. The fourth-order valence-electron chi connectivity index (χ4n) is 1.13. The summed E-state index contributed by atoms with van der Waals surface area (Å²) in [6.07, 6.45) is 7.31. The summed E-state index contributed by atoms with van der Waals surface area (Å²) in [6, 6.07) is 0. The van der Waals surface area contributed by atoms with Crippen molar-refractivity contribution in [2.24, 2.45) is 5.92 Å². The van der Waals surface area contributed by atoms with E-state index in [0.717, 1.165) is 25.8 Å². The van der Waals surface area contributed by atoms with E-state index in [4.69, 9.17) is 0 Å². The number of carbonyl (C=O) groups is 1. The SMILES string of the molecule is CC1C/C=C\CCCNC1=O. The molecular formula is C9H15NO. The van der Waals surface area contributed by atoms with Gasteiger partial charge in [0.25, 0.3) is 0 Å². The molecule has 0 bridgehead atoms. The van der Waals surface area contributed by atoms with Crippen molar-refractivity contribution in [3.63, 3.8) is 0 Å². The predicted octanol–water partition coefficient (Wildman–Crippen LogP) is 1.48. The Morgan fingerprint density at radius 3 is 3.18 bits per heavy atom. The first-order valence-corrected chi connectivity index (χ1v) is 4.23. The van der Waals surface area contributed by atoms with Gasteiger partial charge in [0.2, 0.25) is 5.91 Å². The molecule has 2 nitrogen and oxygen atoms in total. The predicted molar refractivity (Wildman–Crippen MR) is 45.2 cm³/mol. The van der Waals surface area contributed by atoms with Crippen LogP contribution in [0.3, 0.4) is 0 Å². The summed E-state index contributed by atoms with van der Waals surface area (Å²) in [6.45, 7) is 2.79. The lowest BCUT2D eigenvalue weighted by Gasteiger charge is -2.07. The number of carbonyl (C=O) groups excluding carboxylic acids is 1. The standard InChI is InChI=1S/C9H15NO/c1-8-6-4-2-3-5-7-10-9(8)11/h2,4,8H,3,5-7H2,1H3,(H,10,11)/b4-2-. The molecular weight excluding hydrogens is 138 g/mol. The second-order valence-electron chi connectivity index (χ2n) is 3.04. The molecule has 0 spiro atoms. The van der Waals surface area contributed by atoms with E-state index in [0.29, 0.717) is 0 Å². The van der Waals surface area contributed by atoms with Crippen LogP contribution in [0.15, 0.2) is 12.2 Å². The quantitative estimate of drug-likeness (QED) is 0.525. The smallest absolute Gasteiger partial charge is 0.223 e. The van der Waals surface area contributed by atoms with Crippen molar-refractivity contribution in [1.82, 2.24) is 5.32 Å². The van der Waals surface area contributed by atoms with Gasteiger partial charge >= 0.3 is 0 Å². The van der Waals surface area contributed by atoms with Crippen molar-refractivity contribution in [3.05, 3.63) is 12.2 Å². The maximum absolute atomic E-state index is 11.2. The van der Waals surface area contributed by atoms with Gasteiger partial charge in [-0.25, -0.2) is 0 Å². The van der Waals surface area contributed by atoms with Crippen LogP contribution in [-0.2, 0) is 4.79 Å². The van der Waals surface area contributed by atoms with E-state index < -0.39 is 0 Å². The van der Waals surface area contributed by atoms with Crippen molar-refractivity contribution < 1.29 is 4.79 Å². The Morgan fingerprint density at radius 2 is 2.36 bits per heavy atom. The molecule has 62 valence electrons. The molecule has 1 aliphatic heterocycles. The Hall–Kier alpha value is -0.790. The Kier molecular flexibility index (Phi) is 3.14. The van der Waals surface area contributed by atoms with Gasteiger partial charge in [-0.3, -0.25) is 4.79 Å². The summed E-state index contributed by atoms with van der Waals surface area (Å²) in [5.74, 6) is 0.334. The number of hydrogen-bond donors (Lipinski definition) is 1. The van der Waals surface area contributed by atoms with Gasteiger partial charge in [-0.1, -0.05) is 19.1 Å². The highest BCUT2D eigenvalue weighted by molar-refractivity contribution is 5.78. The van der Waals surface area contributed by atoms with E-state index in [-0.39, 0.29) is 11.8 Å². The first kappa shape index (κ1) is 8.31. The minimum Gasteiger partial charge on any atom is -0.356 e. The first-order chi connectivity index (χ1) is 5.30. The highest BCUT2D eigenvalue weighted by Crippen LogP contribution is 2.05. The Balaban J connectivity index is 2.46. The summed E-state index contributed by atoms with van der Waals surface area (Å²) in [5.41, 5.74) is 0. The molecule has 0 saturated heterocycles. The molecule has 2 heteroatoms. The molecule has 1 rings (SSSR count). The van der Waals surface area contributed by atoms with Gasteiger partial charge in [-0.05, 0) is 19.3 Å². The molecule has 1 atom stereocenters. The van der Waals surface area contributed by atoms with Crippen LogP contribution >= 0.6 is 0 Å². The Bertz CT molecular complexity index is 163. The van der Waals surface area contributed by atoms with Crippen LogP contribution in [0.25, 0.3) is 0 Å². The minimum atomic E-state index is 0.143. The maximum atomic E-state index is 11.2. The highest BCUT2D eigenvalue weighted by atomic mass is 16.1. The third-order valence-corrected chi connectivity index (χ3v) is 1.95. The lowest BCUT2D eigenvalue weighted by atomic mass is 10.1. The van der Waals surface area contributed by atoms with Gasteiger partial charge < -0.3 is 5.32 Å². The van der Waals surface area contributed by atoms with Crippen molar-refractivity contribution in [2.45, 2.75) is 26.2 Å². The molecule has 11 heavy (non-hydrogen) atoms. The maximum Gasteiger partial charge on any atom is 0.223 e. The van der Waals surface area contributed by atoms with Crippen LogP contribution in [0.1, 0.15) is 26.2 Å². The van der Waals surface area contributed by atoms with Crippen molar-refractivity contribution in [3.8, 4) is 0 Å². The Labute approximate surface area is 67.7 Å². The number of nitrogens with one attached hydrogen (secondary N) is 1. The van der Waals surface area contributed by atoms with Crippen LogP contribution in [-0.4, -0.2) is 12.5 Å². The normalized spacial score (nSPS) is 29.5. The van der Waals surface area contributed by atoms with Gasteiger partial charge in [0.1, 0.15) is 0 Å². The minimum absolute atomic E-state index is 0.143. The van der Waals surface area contributed by atoms with Crippen LogP contribution in [0, 0.1) is 5.92 Å². The van der Waals surface area contributed by atoms with Crippen molar-refractivity contribution in [1.29, 1.82) is 0 Å². The molecule has 0 fully saturated rings. The zero-order valence-electron chi connectivity index (χ0n) is 6.97. The lowest BCUT2D eigenvalue weighted by Crippen LogP contribution is -2.29. The molecule has 0 aromatic carbocycles. The van der Waals surface area contributed by atoms with Gasteiger partial charge in [-0.2, -0.15) is 0 Å². The highest BCUT2D eigenvalue weighted by Gasteiger charge is 2.10. The topological polar surface area (TPSA) is 29.1 Å². The fraction of sp³-hybridized carbons (Fsp3) is 0.667. The molecule has 0 aromatic rings. The fourth-order valence-corrected chi connectivity index (χ4v) is 1.13. The molecule has 1 aliphatic rings. The molecule has 1 heterocycles. The van der Waals surface area contributed by atoms with E-state index in [9.17, 15) is 4.79 Å². The molecule has 1 N–H and O–H groups in total. The third-order valence-electron chi connectivity index (χ3n) is 1.95. The van der Waals surface area contributed by atoms with Crippen LogP contribution < -0.4 is 5.32 Å². The van der Waals surface area contributed by atoms with Crippen LogP contribution in [0.5, 0.6) is 0 Å². The molecule has 0 saturated carbocycles. The number of hydrogen-bond acceptors (Lipinski definition) is 1. The van der Waals surface area contributed by atoms with E-state index in [1.54, 1.807) is 0 Å². The van der Waals surface area contributed by atoms with Crippen LogP contribution in [0.4, 0.5) is 0 Å². The molecule has 1 amide bonds. The molecule has 0 aromatic heterocycles. The summed E-state index contributed by atoms with van der Waals surface area (Å²) in [5, 5.41) is 2.90. The first-order valence-electron chi connectivity index (χ1n) is 4.23. The lowest BCUT2D eigenvalue weighted by molar-refractivity contribution is -0.124. The Morgan fingerprint density at radius 1 is 1.55 bits per heavy atom. The summed E-state index contributed by atoms with van der Waals surface area (Å²) >= 11 is 0. The largest absolute Gasteiger partial charge is 0.356 e. The summed E-state index contributed by atoms with van der Waals surface area (Å²) in [7, 11) is 0. The monoisotopic (exact) mass is 153 g/mol. The van der Waals surface area contributed by atoms with Crippen LogP contribution in [0.2, 0.25) is 0 Å². The second-order valence-corrected chi connectivity index (χ2v) is 3.04. The average Bonchev–Trinajstić information content (AvgIpc) is 2.07. The molecule has 0 aliphatic carbocycles. The van der Waals surface area contributed by atoms with E-state index in [1.165, 1.54) is 0 Å². The number of allylic oxidation sites excluding steroid dienone is 2. The summed E-state index contributed by atoms with van der Waals surface area (Å²) in [4.78, 5) is 11.2. The number of amides is 1. The van der Waals surface area contributed by atoms with Crippen molar-refractivity contribution in [2.75, 3.05) is 6.54 Å². The van der Waals surface area contributed by atoms with E-state index >= 15 is 0 Å². The average molecular weight is 153 g/mol. The second kappa shape index (κ2) is 4.16. The molecule has 0 radical (unpaired) electrons. The number of rotatable bonds is 0. The summed E-state index contributed by atoms with van der Waals surface area (Å²) < 4.78 is 0. The van der Waals surface area contributed by atoms with E-state index in [1.807, 2.05) is 6.92 Å². The van der Waals surface area contributed by atoms with Gasteiger partial charge in [0.05, 0.1) is 0 Å². The van der Waals surface area contributed by atoms with Gasteiger partial charge in [-0.15, -0.1) is 0 Å². The third kappa shape index (κ3) is 2.74. The molecule has 1 unspecified atom stereocenters. The van der Waals surface area contributed by atoms with E-state index in [2.05, 4.69) is 17.5 Å². The zero-order valence-corrected chi connectivity index (χ0v) is 6.97. The van der Waals surface area contributed by atoms with Gasteiger partial charge in [0, 0.05) is 12.5 Å². The van der Waals surface area contributed by atoms with Crippen molar-refractivity contribution >= 4 is 5.91 Å². The van der Waals surface area contributed by atoms with Gasteiger partial charge in [0.15, 0.2) is 0 Å².